The van der Waals surface area contributed by atoms with Crippen LogP contribution in [0.3, 0.4) is 0 Å². The van der Waals surface area contributed by atoms with Crippen molar-refractivity contribution < 1.29 is 19.1 Å². The molecule has 1 aliphatic heterocycles. The van der Waals surface area contributed by atoms with Crippen LogP contribution in [0.1, 0.15) is 44.5 Å². The summed E-state index contributed by atoms with van der Waals surface area (Å²) in [7, 11) is 0. The maximum absolute atomic E-state index is 12.7. The van der Waals surface area contributed by atoms with Crippen molar-refractivity contribution in [2.45, 2.75) is 52.3 Å². The molecule has 1 unspecified atom stereocenters. The van der Waals surface area contributed by atoms with E-state index in [2.05, 4.69) is 24.5 Å². The van der Waals surface area contributed by atoms with Gasteiger partial charge in [-0.1, -0.05) is 20.8 Å². The number of ketones is 1. The predicted octanol–water partition coefficient (Wildman–Crippen LogP) is 2.00. The second-order valence-corrected chi connectivity index (χ2v) is 7.74. The summed E-state index contributed by atoms with van der Waals surface area (Å²) in [4.78, 5) is 36.9. The monoisotopic (exact) mass is 366 g/mol. The van der Waals surface area contributed by atoms with Gasteiger partial charge in [0.1, 0.15) is 18.7 Å². The van der Waals surface area contributed by atoms with Crippen molar-refractivity contribution in [2.24, 2.45) is 11.8 Å². The molecule has 0 spiro atoms. The van der Waals surface area contributed by atoms with E-state index in [9.17, 15) is 14.4 Å². The van der Waals surface area contributed by atoms with Gasteiger partial charge in [0.05, 0.1) is 11.7 Å². The van der Waals surface area contributed by atoms with Gasteiger partial charge in [0, 0.05) is 5.38 Å². The molecule has 0 radical (unpaired) electrons. The zero-order valence-electron chi connectivity index (χ0n) is 15.1. The smallest absolute Gasteiger partial charge is 0.252 e. The lowest BCUT2D eigenvalue weighted by Crippen LogP contribution is -2.53. The van der Waals surface area contributed by atoms with Crippen molar-refractivity contribution in [3.05, 3.63) is 22.4 Å². The molecule has 2 rings (SSSR count). The molecule has 1 aromatic heterocycles. The minimum Gasteiger partial charge on any atom is -0.368 e. The van der Waals surface area contributed by atoms with E-state index in [0.29, 0.717) is 17.9 Å². The number of thiophene rings is 1. The predicted molar refractivity (Wildman–Crippen MR) is 96.5 cm³/mol. The van der Waals surface area contributed by atoms with Crippen molar-refractivity contribution in [3.8, 4) is 0 Å². The highest BCUT2D eigenvalue weighted by atomic mass is 32.1. The van der Waals surface area contributed by atoms with Gasteiger partial charge < -0.3 is 15.4 Å². The van der Waals surface area contributed by atoms with Crippen molar-refractivity contribution in [1.29, 1.82) is 0 Å². The van der Waals surface area contributed by atoms with Crippen LogP contribution in [-0.4, -0.2) is 42.4 Å². The van der Waals surface area contributed by atoms with Crippen LogP contribution in [0.25, 0.3) is 0 Å². The summed E-state index contributed by atoms with van der Waals surface area (Å²) in [6, 6.07) is 0.379. The third kappa shape index (κ3) is 5.12. The number of nitrogens with one attached hydrogen (secondary N) is 2. The molecule has 1 fully saturated rings. The van der Waals surface area contributed by atoms with E-state index in [1.165, 1.54) is 11.3 Å². The molecule has 138 valence electrons. The first-order chi connectivity index (χ1) is 11.8. The number of carbonyl (C=O) groups is 3. The van der Waals surface area contributed by atoms with Gasteiger partial charge in [-0.2, -0.15) is 11.3 Å². The molecule has 7 heteroatoms. The Hall–Kier alpha value is -1.73. The van der Waals surface area contributed by atoms with E-state index in [0.717, 1.165) is 0 Å². The summed E-state index contributed by atoms with van der Waals surface area (Å²) in [5.74, 6) is -0.137. The van der Waals surface area contributed by atoms with Gasteiger partial charge in [0.2, 0.25) is 5.91 Å². The Morgan fingerprint density at radius 3 is 2.60 bits per heavy atom. The van der Waals surface area contributed by atoms with Crippen LogP contribution in [-0.2, 0) is 14.3 Å². The molecule has 0 aromatic carbocycles. The Morgan fingerprint density at radius 1 is 1.36 bits per heavy atom. The molecule has 2 amide bonds. The quantitative estimate of drug-likeness (QED) is 0.773. The lowest BCUT2D eigenvalue weighted by molar-refractivity contribution is -0.127. The van der Waals surface area contributed by atoms with Gasteiger partial charge in [0.25, 0.3) is 5.91 Å². The second kappa shape index (κ2) is 8.58. The second-order valence-electron chi connectivity index (χ2n) is 6.96. The van der Waals surface area contributed by atoms with Gasteiger partial charge in [0.15, 0.2) is 5.78 Å². The topological polar surface area (TPSA) is 84.5 Å². The number of hydrogen-bond donors (Lipinski definition) is 2. The fourth-order valence-electron chi connectivity index (χ4n) is 2.62. The summed E-state index contributed by atoms with van der Waals surface area (Å²) in [5.41, 5.74) is 0.536. The molecule has 0 aliphatic carbocycles. The van der Waals surface area contributed by atoms with Crippen LogP contribution in [0.15, 0.2) is 16.8 Å². The maximum Gasteiger partial charge on any atom is 0.252 e. The Morgan fingerprint density at radius 2 is 2.08 bits per heavy atom. The van der Waals surface area contributed by atoms with Gasteiger partial charge >= 0.3 is 0 Å². The van der Waals surface area contributed by atoms with Crippen LogP contribution >= 0.6 is 11.3 Å². The first kappa shape index (κ1) is 19.6. The van der Waals surface area contributed by atoms with E-state index >= 15 is 0 Å². The maximum atomic E-state index is 12.7. The van der Waals surface area contributed by atoms with Gasteiger partial charge in [-0.3, -0.25) is 14.4 Å². The summed E-state index contributed by atoms with van der Waals surface area (Å²) in [6.45, 7) is 7.98. The molecule has 6 nitrogen and oxygen atoms in total. The number of ether oxygens (including phenoxy) is 1. The first-order valence-electron chi connectivity index (χ1n) is 8.57. The molecule has 2 heterocycles. The lowest BCUT2D eigenvalue weighted by Gasteiger charge is -2.25. The summed E-state index contributed by atoms with van der Waals surface area (Å²) in [6.07, 6.45) is 0.155. The molecular formula is C18H26N2O4S. The summed E-state index contributed by atoms with van der Waals surface area (Å²) < 4.78 is 5.27. The van der Waals surface area contributed by atoms with Gasteiger partial charge in [-0.15, -0.1) is 0 Å². The number of hydrogen-bond acceptors (Lipinski definition) is 5. The van der Waals surface area contributed by atoms with Crippen LogP contribution in [0.4, 0.5) is 0 Å². The van der Waals surface area contributed by atoms with Crippen LogP contribution < -0.4 is 10.6 Å². The SMILES string of the molecule is CC(C)C(C)C[C@H](NC(=O)c1ccsc1)C(=O)N[C@@H]1C(=O)CO[C@H]1C. The van der Waals surface area contributed by atoms with Crippen molar-refractivity contribution >= 4 is 28.9 Å². The van der Waals surface area contributed by atoms with E-state index in [-0.39, 0.29) is 36.2 Å². The average molecular weight is 366 g/mol. The standard InChI is InChI=1S/C18H26N2O4S/c1-10(2)11(3)7-14(19-17(22)13-5-6-25-9-13)18(23)20-16-12(4)24-8-15(16)21/h5-6,9-12,14,16H,7-8H2,1-4H3,(H,19,22)(H,20,23)/t11?,12-,14-,16-/m0/s1. The van der Waals surface area contributed by atoms with E-state index in [4.69, 9.17) is 4.74 Å². The molecule has 0 bridgehead atoms. The third-order valence-corrected chi connectivity index (χ3v) is 5.44. The lowest BCUT2D eigenvalue weighted by atomic mass is 9.90. The number of rotatable bonds is 7. The van der Waals surface area contributed by atoms with Crippen LogP contribution in [0.5, 0.6) is 0 Å². The van der Waals surface area contributed by atoms with E-state index < -0.39 is 12.1 Å². The molecular weight excluding hydrogens is 340 g/mol. The first-order valence-corrected chi connectivity index (χ1v) is 9.51. The van der Waals surface area contributed by atoms with E-state index in [1.807, 2.05) is 12.3 Å². The number of carbonyl (C=O) groups excluding carboxylic acids is 3. The Balaban J connectivity index is 2.08. The highest BCUT2D eigenvalue weighted by Crippen LogP contribution is 2.18. The van der Waals surface area contributed by atoms with Crippen LogP contribution in [0.2, 0.25) is 0 Å². The van der Waals surface area contributed by atoms with Gasteiger partial charge in [-0.05, 0) is 36.6 Å². The zero-order valence-corrected chi connectivity index (χ0v) is 15.9. The third-order valence-electron chi connectivity index (χ3n) is 4.75. The number of Topliss-reactive ketones (excluding diaryl/α,β-unsaturated/α-hetero) is 1. The highest BCUT2D eigenvalue weighted by molar-refractivity contribution is 7.08. The normalized spacial score (nSPS) is 22.7. The Kier molecular flexibility index (Phi) is 6.72. The Labute approximate surface area is 152 Å². The average Bonchev–Trinajstić information content (AvgIpc) is 3.19. The molecule has 1 aliphatic rings. The number of amides is 2. The fourth-order valence-corrected chi connectivity index (χ4v) is 3.26. The molecule has 25 heavy (non-hydrogen) atoms. The minimum atomic E-state index is -0.689. The van der Waals surface area contributed by atoms with Gasteiger partial charge in [-0.25, -0.2) is 0 Å². The molecule has 2 N–H and O–H groups in total. The molecule has 1 saturated heterocycles. The molecule has 0 saturated carbocycles. The van der Waals surface area contributed by atoms with E-state index in [1.54, 1.807) is 18.4 Å². The van der Waals surface area contributed by atoms with Crippen molar-refractivity contribution in [2.75, 3.05) is 6.61 Å². The summed E-state index contributed by atoms with van der Waals surface area (Å²) in [5, 5.41) is 9.12. The molecule has 1 aromatic rings. The fraction of sp³-hybridized carbons (Fsp3) is 0.611. The Bertz CT molecular complexity index is 615. The zero-order chi connectivity index (χ0) is 18.6. The van der Waals surface area contributed by atoms with Crippen molar-refractivity contribution in [1.82, 2.24) is 10.6 Å². The van der Waals surface area contributed by atoms with Crippen molar-refractivity contribution in [3.63, 3.8) is 0 Å². The van der Waals surface area contributed by atoms with Crippen LogP contribution in [0, 0.1) is 11.8 Å². The minimum absolute atomic E-state index is 0.0143. The largest absolute Gasteiger partial charge is 0.368 e. The summed E-state index contributed by atoms with van der Waals surface area (Å²) >= 11 is 1.43. The molecule has 4 atom stereocenters. The highest BCUT2D eigenvalue weighted by Gasteiger charge is 2.36.